The van der Waals surface area contributed by atoms with E-state index in [1.807, 2.05) is 32.3 Å². The highest BCUT2D eigenvalue weighted by Gasteiger charge is 2.14. The van der Waals surface area contributed by atoms with E-state index in [0.29, 0.717) is 0 Å². The average molecular weight is 154 g/mol. The van der Waals surface area contributed by atoms with Gasteiger partial charge in [-0.3, -0.25) is 0 Å². The van der Waals surface area contributed by atoms with Crippen LogP contribution in [0.5, 0.6) is 0 Å². The van der Waals surface area contributed by atoms with Crippen LogP contribution in [0.1, 0.15) is 13.8 Å². The zero-order chi connectivity index (χ0) is 8.32. The second-order valence-corrected chi connectivity index (χ2v) is 3.27. The fourth-order valence-electron chi connectivity index (χ4n) is 0.832. The van der Waals surface area contributed by atoms with Crippen molar-refractivity contribution in [1.29, 1.82) is 0 Å². The predicted molar refractivity (Wildman–Crippen MR) is 45.6 cm³/mol. The summed E-state index contributed by atoms with van der Waals surface area (Å²) < 4.78 is 0. The molecule has 0 aliphatic rings. The molecular weight excluding hydrogens is 140 g/mol. The molecule has 0 amide bonds. The number of aliphatic hydroxyl groups is 1. The van der Waals surface area contributed by atoms with E-state index < -0.39 is 0 Å². The van der Waals surface area contributed by atoms with Crippen molar-refractivity contribution < 1.29 is 5.11 Å². The minimum Gasteiger partial charge on any atom is -0.394 e. The molecule has 0 radical (unpaired) electrons. The predicted octanol–water partition coefficient (Wildman–Crippen LogP) is 1.20. The van der Waals surface area contributed by atoms with Crippen LogP contribution in [-0.2, 0) is 0 Å². The maximum absolute atomic E-state index is 8.92. The molecular formula is C8H14N2O. The van der Waals surface area contributed by atoms with Crippen molar-refractivity contribution in [2.75, 3.05) is 11.9 Å². The highest BCUT2D eigenvalue weighted by molar-refractivity contribution is 5.42. The summed E-state index contributed by atoms with van der Waals surface area (Å²) in [6.07, 6.45) is 3.70. The zero-order valence-corrected chi connectivity index (χ0v) is 6.89. The molecule has 1 aromatic heterocycles. The van der Waals surface area contributed by atoms with Gasteiger partial charge in [0.1, 0.15) is 0 Å². The van der Waals surface area contributed by atoms with E-state index in [9.17, 15) is 0 Å². The second-order valence-electron chi connectivity index (χ2n) is 3.27. The first-order valence-corrected chi connectivity index (χ1v) is 3.66. The Hall–Kier alpha value is -0.960. The molecule has 62 valence electrons. The first-order chi connectivity index (χ1) is 5.14. The van der Waals surface area contributed by atoms with Crippen molar-refractivity contribution in [3.05, 3.63) is 18.5 Å². The lowest BCUT2D eigenvalue weighted by Gasteiger charge is -2.23. The van der Waals surface area contributed by atoms with Gasteiger partial charge < -0.3 is 15.4 Å². The largest absolute Gasteiger partial charge is 0.394 e. The molecule has 0 bridgehead atoms. The van der Waals surface area contributed by atoms with E-state index in [1.165, 1.54) is 0 Å². The Morgan fingerprint density at radius 1 is 1.64 bits per heavy atom. The van der Waals surface area contributed by atoms with Crippen molar-refractivity contribution in [3.8, 4) is 0 Å². The van der Waals surface area contributed by atoms with Gasteiger partial charge in [-0.2, -0.15) is 0 Å². The van der Waals surface area contributed by atoms with Crippen molar-refractivity contribution in [2.45, 2.75) is 19.4 Å². The topological polar surface area (TPSA) is 48.0 Å². The molecule has 0 aliphatic heterocycles. The molecule has 0 unspecified atom stereocenters. The monoisotopic (exact) mass is 154 g/mol. The van der Waals surface area contributed by atoms with Gasteiger partial charge in [-0.1, -0.05) is 0 Å². The lowest BCUT2D eigenvalue weighted by molar-refractivity contribution is 0.234. The molecule has 0 saturated carbocycles. The Labute approximate surface area is 66.4 Å². The standard InChI is InChI=1S/C8H14N2O/c1-8(2,6-11)10-7-3-4-9-5-7/h3-5,9-11H,6H2,1-2H3. The quantitative estimate of drug-likeness (QED) is 0.612. The van der Waals surface area contributed by atoms with Crippen LogP contribution in [0.2, 0.25) is 0 Å². The maximum atomic E-state index is 8.92. The molecule has 1 rings (SSSR count). The summed E-state index contributed by atoms with van der Waals surface area (Å²) in [5.74, 6) is 0. The Balaban J connectivity index is 2.56. The smallest absolute Gasteiger partial charge is 0.0656 e. The zero-order valence-electron chi connectivity index (χ0n) is 6.89. The number of anilines is 1. The first kappa shape index (κ1) is 8.14. The maximum Gasteiger partial charge on any atom is 0.0656 e. The number of hydrogen-bond acceptors (Lipinski definition) is 2. The van der Waals surface area contributed by atoms with Crippen LogP contribution >= 0.6 is 0 Å². The van der Waals surface area contributed by atoms with Crippen LogP contribution in [0.3, 0.4) is 0 Å². The van der Waals surface area contributed by atoms with Crippen LogP contribution in [0, 0.1) is 0 Å². The molecule has 0 saturated heterocycles. The summed E-state index contributed by atoms with van der Waals surface area (Å²) in [6, 6.07) is 1.93. The van der Waals surface area contributed by atoms with Gasteiger partial charge >= 0.3 is 0 Å². The number of H-pyrrole nitrogens is 1. The van der Waals surface area contributed by atoms with Gasteiger partial charge in [-0.25, -0.2) is 0 Å². The summed E-state index contributed by atoms with van der Waals surface area (Å²) in [4.78, 5) is 2.93. The van der Waals surface area contributed by atoms with Crippen molar-refractivity contribution in [2.24, 2.45) is 0 Å². The Morgan fingerprint density at radius 3 is 2.82 bits per heavy atom. The van der Waals surface area contributed by atoms with Crippen LogP contribution in [0.25, 0.3) is 0 Å². The number of rotatable bonds is 3. The number of aliphatic hydroxyl groups excluding tert-OH is 1. The van der Waals surface area contributed by atoms with Crippen LogP contribution in [0.4, 0.5) is 5.69 Å². The highest BCUT2D eigenvalue weighted by atomic mass is 16.3. The molecule has 0 aromatic carbocycles. The fraction of sp³-hybridized carbons (Fsp3) is 0.500. The third kappa shape index (κ3) is 2.27. The summed E-state index contributed by atoms with van der Waals surface area (Å²) >= 11 is 0. The summed E-state index contributed by atoms with van der Waals surface area (Å²) in [5, 5.41) is 12.1. The number of hydrogen-bond donors (Lipinski definition) is 3. The summed E-state index contributed by atoms with van der Waals surface area (Å²) in [6.45, 7) is 4.01. The minimum absolute atomic E-state index is 0.123. The molecule has 0 atom stereocenters. The van der Waals surface area contributed by atoms with Gasteiger partial charge in [-0.05, 0) is 19.9 Å². The van der Waals surface area contributed by atoms with E-state index in [-0.39, 0.29) is 12.1 Å². The van der Waals surface area contributed by atoms with Gasteiger partial charge in [-0.15, -0.1) is 0 Å². The molecule has 11 heavy (non-hydrogen) atoms. The average Bonchev–Trinajstić information content (AvgIpc) is 2.39. The molecule has 3 N–H and O–H groups in total. The molecule has 0 fully saturated rings. The van der Waals surface area contributed by atoms with E-state index in [2.05, 4.69) is 10.3 Å². The summed E-state index contributed by atoms with van der Waals surface area (Å²) in [5.41, 5.74) is 0.756. The third-order valence-corrected chi connectivity index (χ3v) is 1.48. The molecule has 1 heterocycles. The minimum atomic E-state index is -0.248. The Kier molecular flexibility index (Phi) is 2.19. The lowest BCUT2D eigenvalue weighted by atomic mass is 10.1. The van der Waals surface area contributed by atoms with Crippen molar-refractivity contribution in [1.82, 2.24) is 4.98 Å². The van der Waals surface area contributed by atoms with Gasteiger partial charge in [0.05, 0.1) is 17.8 Å². The second kappa shape index (κ2) is 2.96. The summed E-state index contributed by atoms with van der Waals surface area (Å²) in [7, 11) is 0. The van der Waals surface area contributed by atoms with Gasteiger partial charge in [0.15, 0.2) is 0 Å². The molecule has 0 aliphatic carbocycles. The SMILES string of the molecule is CC(C)(CO)Nc1cc[nH]c1. The van der Waals surface area contributed by atoms with Crippen LogP contribution < -0.4 is 5.32 Å². The number of aromatic nitrogens is 1. The van der Waals surface area contributed by atoms with E-state index in [4.69, 9.17) is 5.11 Å². The van der Waals surface area contributed by atoms with Gasteiger partial charge in [0.25, 0.3) is 0 Å². The Bertz CT molecular complexity index is 204. The normalized spacial score (nSPS) is 11.5. The molecule has 0 spiro atoms. The number of aromatic amines is 1. The van der Waals surface area contributed by atoms with Crippen LogP contribution in [-0.4, -0.2) is 22.2 Å². The lowest BCUT2D eigenvalue weighted by Crippen LogP contribution is -2.34. The van der Waals surface area contributed by atoms with Gasteiger partial charge in [0.2, 0.25) is 0 Å². The molecule has 1 aromatic rings. The van der Waals surface area contributed by atoms with Gasteiger partial charge in [0, 0.05) is 12.4 Å². The third-order valence-electron chi connectivity index (χ3n) is 1.48. The van der Waals surface area contributed by atoms with Crippen LogP contribution in [0.15, 0.2) is 18.5 Å². The fourth-order valence-corrected chi connectivity index (χ4v) is 0.832. The van der Waals surface area contributed by atoms with E-state index in [1.54, 1.807) is 0 Å². The molecule has 3 nitrogen and oxygen atoms in total. The first-order valence-electron chi connectivity index (χ1n) is 3.66. The van der Waals surface area contributed by atoms with E-state index >= 15 is 0 Å². The van der Waals surface area contributed by atoms with Crippen molar-refractivity contribution in [3.63, 3.8) is 0 Å². The molecule has 3 heteroatoms. The van der Waals surface area contributed by atoms with Crippen molar-refractivity contribution >= 4 is 5.69 Å². The van der Waals surface area contributed by atoms with E-state index in [0.717, 1.165) is 5.69 Å². The highest BCUT2D eigenvalue weighted by Crippen LogP contribution is 2.12. The Morgan fingerprint density at radius 2 is 2.36 bits per heavy atom. The number of nitrogens with one attached hydrogen (secondary N) is 2.